The van der Waals surface area contributed by atoms with Crippen LogP contribution in [0, 0.1) is 17.2 Å². The van der Waals surface area contributed by atoms with Crippen LogP contribution in [0.5, 0.6) is 0 Å². The predicted octanol–water partition coefficient (Wildman–Crippen LogP) is 2.55. The molecule has 1 unspecified atom stereocenters. The van der Waals surface area contributed by atoms with E-state index in [1.165, 1.54) is 7.11 Å². The molecule has 0 aliphatic carbocycles. The molecule has 1 aliphatic heterocycles. The molecule has 1 atom stereocenters. The molecule has 0 bridgehead atoms. The van der Waals surface area contributed by atoms with Gasteiger partial charge in [0.1, 0.15) is 11.6 Å². The number of para-hydroxylation sites is 1. The molecule has 126 valence electrons. The zero-order chi connectivity index (χ0) is 17.5. The summed E-state index contributed by atoms with van der Waals surface area (Å²) < 4.78 is 4.70. The van der Waals surface area contributed by atoms with E-state index < -0.39 is 11.9 Å². The second-order valence-corrected chi connectivity index (χ2v) is 5.89. The first-order valence-electron chi connectivity index (χ1n) is 7.89. The van der Waals surface area contributed by atoms with E-state index in [9.17, 15) is 14.9 Å². The van der Waals surface area contributed by atoms with E-state index in [2.05, 4.69) is 12.2 Å². The maximum absolute atomic E-state index is 12.4. The van der Waals surface area contributed by atoms with Crippen molar-refractivity contribution in [3.8, 4) is 6.07 Å². The molecule has 6 heteroatoms. The number of methoxy groups -OCH3 is 1. The van der Waals surface area contributed by atoms with Gasteiger partial charge in [-0.05, 0) is 30.9 Å². The zero-order valence-electron chi connectivity index (χ0n) is 13.9. The maximum atomic E-state index is 12.4. The molecule has 1 heterocycles. The van der Waals surface area contributed by atoms with Crippen molar-refractivity contribution >= 4 is 17.6 Å². The van der Waals surface area contributed by atoms with E-state index >= 15 is 0 Å². The van der Waals surface area contributed by atoms with Crippen molar-refractivity contribution in [2.45, 2.75) is 19.8 Å². The van der Waals surface area contributed by atoms with Gasteiger partial charge < -0.3 is 15.0 Å². The number of nitrogens with zero attached hydrogens (tertiary/aromatic N) is 2. The van der Waals surface area contributed by atoms with E-state index in [0.717, 1.165) is 25.9 Å². The zero-order valence-corrected chi connectivity index (χ0v) is 13.9. The lowest BCUT2D eigenvalue weighted by molar-refractivity contribution is -0.112. The third-order valence-corrected chi connectivity index (χ3v) is 3.95. The molecule has 1 aromatic rings. The summed E-state index contributed by atoms with van der Waals surface area (Å²) in [5.41, 5.74) is 0.587. The van der Waals surface area contributed by atoms with Crippen LogP contribution in [0.1, 0.15) is 30.1 Å². The maximum Gasteiger partial charge on any atom is 0.339 e. The van der Waals surface area contributed by atoms with Crippen LogP contribution in [0.4, 0.5) is 5.69 Å². The topological polar surface area (TPSA) is 82.4 Å². The summed E-state index contributed by atoms with van der Waals surface area (Å²) in [6.07, 6.45) is 3.81. The van der Waals surface area contributed by atoms with Crippen LogP contribution in [-0.4, -0.2) is 37.0 Å². The van der Waals surface area contributed by atoms with Crippen molar-refractivity contribution in [3.05, 3.63) is 41.6 Å². The fraction of sp³-hybridized carbons (Fsp3) is 0.389. The second-order valence-electron chi connectivity index (χ2n) is 5.89. The molecule has 1 saturated heterocycles. The van der Waals surface area contributed by atoms with Gasteiger partial charge in [0.15, 0.2) is 0 Å². The van der Waals surface area contributed by atoms with E-state index in [1.807, 2.05) is 11.0 Å². The molecule has 24 heavy (non-hydrogen) atoms. The summed E-state index contributed by atoms with van der Waals surface area (Å²) in [6.45, 7) is 3.82. The lowest BCUT2D eigenvalue weighted by atomic mass is 10.0. The summed E-state index contributed by atoms with van der Waals surface area (Å²) in [4.78, 5) is 26.1. The molecule has 1 aromatic carbocycles. The van der Waals surface area contributed by atoms with Gasteiger partial charge in [-0.2, -0.15) is 5.26 Å². The molecule has 6 nitrogen and oxygen atoms in total. The van der Waals surface area contributed by atoms with Crippen LogP contribution in [0.2, 0.25) is 0 Å². The smallest absolute Gasteiger partial charge is 0.339 e. The number of esters is 1. The highest BCUT2D eigenvalue weighted by Crippen LogP contribution is 2.19. The molecule has 0 spiro atoms. The highest BCUT2D eigenvalue weighted by Gasteiger charge is 2.18. The van der Waals surface area contributed by atoms with Gasteiger partial charge in [-0.15, -0.1) is 0 Å². The molecule has 0 saturated carbocycles. The molecule has 1 aliphatic rings. The van der Waals surface area contributed by atoms with Crippen molar-refractivity contribution in [1.29, 1.82) is 5.26 Å². The van der Waals surface area contributed by atoms with Crippen LogP contribution in [-0.2, 0) is 9.53 Å². The molecule has 1 amide bonds. The van der Waals surface area contributed by atoms with Crippen LogP contribution < -0.4 is 5.32 Å². The Morgan fingerprint density at radius 3 is 2.83 bits per heavy atom. The van der Waals surface area contributed by atoms with Gasteiger partial charge >= 0.3 is 5.97 Å². The fourth-order valence-electron chi connectivity index (χ4n) is 2.73. The number of piperidine rings is 1. The molecule has 2 rings (SSSR count). The van der Waals surface area contributed by atoms with Gasteiger partial charge in [-0.25, -0.2) is 4.79 Å². The minimum atomic E-state index is -0.543. The van der Waals surface area contributed by atoms with E-state index in [-0.39, 0.29) is 11.1 Å². The highest BCUT2D eigenvalue weighted by molar-refractivity contribution is 6.09. The van der Waals surface area contributed by atoms with Gasteiger partial charge in [0.25, 0.3) is 5.91 Å². The summed E-state index contributed by atoms with van der Waals surface area (Å²) in [5, 5.41) is 11.9. The van der Waals surface area contributed by atoms with Crippen molar-refractivity contribution in [3.63, 3.8) is 0 Å². The molecule has 0 aromatic heterocycles. The fourth-order valence-corrected chi connectivity index (χ4v) is 2.73. The number of ether oxygens (including phenoxy) is 1. The number of hydrogen-bond donors (Lipinski definition) is 1. The Kier molecular flexibility index (Phi) is 5.96. The van der Waals surface area contributed by atoms with Crippen LogP contribution in [0.15, 0.2) is 36.0 Å². The largest absolute Gasteiger partial charge is 0.465 e. The SMILES string of the molecule is COC(=O)c1ccccc1NC(=O)/C(C#N)=C\N1CCCC(C)C1. The molecular formula is C18H21N3O3. The van der Waals surface area contributed by atoms with Crippen molar-refractivity contribution in [2.75, 3.05) is 25.5 Å². The Morgan fingerprint density at radius 1 is 1.42 bits per heavy atom. The number of carbonyl (C=O) groups excluding carboxylic acids is 2. The Balaban J connectivity index is 2.16. The molecule has 1 N–H and O–H groups in total. The second kappa shape index (κ2) is 8.16. The van der Waals surface area contributed by atoms with E-state index in [0.29, 0.717) is 11.6 Å². The number of hydrogen-bond acceptors (Lipinski definition) is 5. The normalized spacial score (nSPS) is 17.8. The first kappa shape index (κ1) is 17.5. The summed E-state index contributed by atoms with van der Waals surface area (Å²) in [7, 11) is 1.28. The molecule has 1 fully saturated rings. The van der Waals surface area contributed by atoms with Gasteiger partial charge in [-0.3, -0.25) is 4.79 Å². The Labute approximate surface area is 141 Å². The van der Waals surface area contributed by atoms with Crippen molar-refractivity contribution < 1.29 is 14.3 Å². The van der Waals surface area contributed by atoms with Crippen LogP contribution in [0.25, 0.3) is 0 Å². The Bertz CT molecular complexity index is 691. The van der Waals surface area contributed by atoms with Crippen LogP contribution >= 0.6 is 0 Å². The summed E-state index contributed by atoms with van der Waals surface area (Å²) >= 11 is 0. The number of carbonyl (C=O) groups is 2. The summed E-state index contributed by atoms with van der Waals surface area (Å²) in [6, 6.07) is 8.47. The number of rotatable bonds is 4. The van der Waals surface area contributed by atoms with Gasteiger partial charge in [0.2, 0.25) is 0 Å². The number of benzene rings is 1. The number of nitrogens with one attached hydrogen (secondary N) is 1. The average Bonchev–Trinajstić information content (AvgIpc) is 2.59. The van der Waals surface area contributed by atoms with Crippen molar-refractivity contribution in [2.24, 2.45) is 5.92 Å². The van der Waals surface area contributed by atoms with Gasteiger partial charge in [0.05, 0.1) is 18.4 Å². The number of nitriles is 1. The standard InChI is InChI=1S/C18H21N3O3/c1-13-6-5-9-21(11-13)12-14(10-19)17(22)20-16-8-4-3-7-15(16)18(23)24-2/h3-4,7-8,12-13H,5-6,9,11H2,1-2H3,(H,20,22)/b14-12-. The van der Waals surface area contributed by atoms with Crippen molar-refractivity contribution in [1.82, 2.24) is 4.90 Å². The Morgan fingerprint density at radius 2 is 2.17 bits per heavy atom. The molecule has 0 radical (unpaired) electrons. The van der Waals surface area contributed by atoms with Gasteiger partial charge in [-0.1, -0.05) is 19.1 Å². The first-order chi connectivity index (χ1) is 11.5. The number of likely N-dealkylation sites (tertiary alicyclic amines) is 1. The Hall–Kier alpha value is -2.81. The van der Waals surface area contributed by atoms with Crippen LogP contribution in [0.3, 0.4) is 0 Å². The average molecular weight is 327 g/mol. The van der Waals surface area contributed by atoms with Gasteiger partial charge in [0, 0.05) is 19.3 Å². The molecular weight excluding hydrogens is 306 g/mol. The van der Waals surface area contributed by atoms with E-state index in [4.69, 9.17) is 4.74 Å². The minimum Gasteiger partial charge on any atom is -0.465 e. The predicted molar refractivity (Wildman–Crippen MR) is 90.1 cm³/mol. The summed E-state index contributed by atoms with van der Waals surface area (Å²) in [5.74, 6) is -0.539. The number of amides is 1. The quantitative estimate of drug-likeness (QED) is 0.522. The monoisotopic (exact) mass is 327 g/mol. The number of anilines is 1. The van der Waals surface area contributed by atoms with E-state index in [1.54, 1.807) is 30.5 Å². The minimum absolute atomic E-state index is 0.0174. The lowest BCUT2D eigenvalue weighted by Crippen LogP contribution is -2.31. The highest BCUT2D eigenvalue weighted by atomic mass is 16.5. The first-order valence-corrected chi connectivity index (χ1v) is 7.89. The lowest BCUT2D eigenvalue weighted by Gasteiger charge is -2.29. The third kappa shape index (κ3) is 4.35. The third-order valence-electron chi connectivity index (χ3n) is 3.95.